The van der Waals surface area contributed by atoms with Crippen LogP contribution < -0.4 is 0 Å². The maximum Gasteiger partial charge on any atom is 0.0924 e. The number of hydrogen-bond donors (Lipinski definition) is 0. The molecule has 142 valence electrons. The van der Waals surface area contributed by atoms with Gasteiger partial charge in [0, 0.05) is 23.7 Å². The van der Waals surface area contributed by atoms with Crippen LogP contribution in [0.3, 0.4) is 0 Å². The molecule has 0 saturated heterocycles. The van der Waals surface area contributed by atoms with E-state index in [9.17, 15) is 0 Å². The predicted octanol–water partition coefficient (Wildman–Crippen LogP) is 5.34. The Balaban J connectivity index is 1.38. The third-order valence-corrected chi connectivity index (χ3v) is 6.47. The number of hydrogen-bond acceptors (Lipinski definition) is 4. The summed E-state index contributed by atoms with van der Waals surface area (Å²) in [6.45, 7) is 1.17. The monoisotopic (exact) mass is 388 g/mol. The molecule has 0 radical (unpaired) electrons. The Morgan fingerprint density at radius 2 is 1.93 bits per heavy atom. The molecule has 5 heteroatoms. The van der Waals surface area contributed by atoms with E-state index >= 15 is 0 Å². The van der Waals surface area contributed by atoms with Gasteiger partial charge in [-0.05, 0) is 62.5 Å². The molecular formula is C23H24N4S. The van der Waals surface area contributed by atoms with Crippen molar-refractivity contribution in [2.75, 3.05) is 20.6 Å². The number of rotatable bonds is 5. The lowest BCUT2D eigenvalue weighted by Gasteiger charge is -2.36. The van der Waals surface area contributed by atoms with Crippen LogP contribution in [-0.2, 0) is 0 Å². The number of nitrogens with zero attached hydrogens (tertiary/aromatic N) is 4. The first-order chi connectivity index (χ1) is 13.7. The highest BCUT2D eigenvalue weighted by atomic mass is 32.1. The Kier molecular flexibility index (Phi) is 4.49. The van der Waals surface area contributed by atoms with Gasteiger partial charge in [0.05, 0.1) is 27.8 Å². The zero-order valence-corrected chi connectivity index (χ0v) is 17.1. The summed E-state index contributed by atoms with van der Waals surface area (Å²) >= 11 is 1.72. The topological polar surface area (TPSA) is 34.0 Å². The molecule has 0 bridgehead atoms. The summed E-state index contributed by atoms with van der Waals surface area (Å²) in [5.74, 6) is 0.799. The molecular weight excluding hydrogens is 364 g/mol. The highest BCUT2D eigenvalue weighted by Gasteiger charge is 2.31. The molecule has 28 heavy (non-hydrogen) atoms. The minimum Gasteiger partial charge on any atom is -0.309 e. The standard InChI is InChI=1S/C23H24N4S/c1-26(2)15-16-12-19(13-16)27-10-9-20(25-27)18-6-5-17-7-8-21(24-22(17)14-18)23-4-3-11-28-23/h3-11,14,16,19H,12-13,15H2,1-2H3. The fourth-order valence-electron chi connectivity index (χ4n) is 4.12. The second-order valence-electron chi connectivity index (χ2n) is 8.02. The summed E-state index contributed by atoms with van der Waals surface area (Å²) in [4.78, 5) is 8.36. The van der Waals surface area contributed by atoms with Gasteiger partial charge in [-0.2, -0.15) is 5.10 Å². The molecule has 0 unspecified atom stereocenters. The first-order valence-electron chi connectivity index (χ1n) is 9.81. The van der Waals surface area contributed by atoms with Crippen molar-refractivity contribution >= 4 is 22.2 Å². The smallest absolute Gasteiger partial charge is 0.0924 e. The van der Waals surface area contributed by atoms with Crippen molar-refractivity contribution in [1.82, 2.24) is 19.7 Å². The minimum absolute atomic E-state index is 0.544. The second kappa shape index (κ2) is 7.15. The number of pyridine rings is 1. The van der Waals surface area contributed by atoms with Crippen LogP contribution in [0.15, 0.2) is 60.1 Å². The van der Waals surface area contributed by atoms with Crippen molar-refractivity contribution in [3.63, 3.8) is 0 Å². The van der Waals surface area contributed by atoms with E-state index in [1.807, 2.05) is 0 Å². The zero-order valence-electron chi connectivity index (χ0n) is 16.2. The summed E-state index contributed by atoms with van der Waals surface area (Å²) in [6.07, 6.45) is 4.58. The molecule has 0 N–H and O–H groups in total. The number of aromatic nitrogens is 3. The van der Waals surface area contributed by atoms with E-state index < -0.39 is 0 Å². The molecule has 3 heterocycles. The largest absolute Gasteiger partial charge is 0.309 e. The average molecular weight is 389 g/mol. The highest BCUT2D eigenvalue weighted by molar-refractivity contribution is 7.13. The molecule has 4 nitrogen and oxygen atoms in total. The third kappa shape index (κ3) is 3.36. The third-order valence-electron chi connectivity index (χ3n) is 5.58. The molecule has 1 aliphatic carbocycles. The molecule has 5 rings (SSSR count). The summed E-state index contributed by atoms with van der Waals surface area (Å²) in [6, 6.07) is 17.6. The van der Waals surface area contributed by atoms with Gasteiger partial charge in [0.25, 0.3) is 0 Å². The number of fused-ring (bicyclic) bond motifs is 1. The summed E-state index contributed by atoms with van der Waals surface area (Å²) in [5.41, 5.74) is 4.21. The van der Waals surface area contributed by atoms with E-state index in [1.54, 1.807) is 11.3 Å². The lowest BCUT2D eigenvalue weighted by Crippen LogP contribution is -2.34. The molecule has 1 aromatic carbocycles. The van der Waals surface area contributed by atoms with Gasteiger partial charge in [-0.1, -0.05) is 24.3 Å². The van der Waals surface area contributed by atoms with Crippen LogP contribution in [0.5, 0.6) is 0 Å². The van der Waals surface area contributed by atoms with Gasteiger partial charge in [0.15, 0.2) is 0 Å². The highest BCUT2D eigenvalue weighted by Crippen LogP contribution is 2.38. The molecule has 0 spiro atoms. The van der Waals surface area contributed by atoms with Gasteiger partial charge in [0.2, 0.25) is 0 Å². The van der Waals surface area contributed by atoms with Crippen molar-refractivity contribution in [3.8, 4) is 21.8 Å². The van der Waals surface area contributed by atoms with Crippen LogP contribution in [0, 0.1) is 5.92 Å². The lowest BCUT2D eigenvalue weighted by molar-refractivity contribution is 0.146. The van der Waals surface area contributed by atoms with E-state index in [2.05, 4.69) is 83.8 Å². The molecule has 4 aromatic rings. The molecule has 1 saturated carbocycles. The van der Waals surface area contributed by atoms with E-state index in [-0.39, 0.29) is 0 Å². The molecule has 0 atom stereocenters. The van der Waals surface area contributed by atoms with Crippen LogP contribution in [0.4, 0.5) is 0 Å². The Morgan fingerprint density at radius 3 is 2.71 bits per heavy atom. The molecule has 0 amide bonds. The number of thiophene rings is 1. The Hall–Kier alpha value is -2.50. The maximum atomic E-state index is 4.88. The normalized spacial score (nSPS) is 19.2. The zero-order chi connectivity index (χ0) is 19.1. The van der Waals surface area contributed by atoms with Crippen molar-refractivity contribution in [3.05, 3.63) is 60.1 Å². The van der Waals surface area contributed by atoms with Crippen molar-refractivity contribution in [2.24, 2.45) is 5.92 Å². The van der Waals surface area contributed by atoms with Crippen LogP contribution in [0.2, 0.25) is 0 Å². The molecule has 1 fully saturated rings. The minimum atomic E-state index is 0.544. The van der Waals surface area contributed by atoms with Gasteiger partial charge >= 0.3 is 0 Å². The van der Waals surface area contributed by atoms with Gasteiger partial charge in [-0.15, -0.1) is 11.3 Å². The summed E-state index contributed by atoms with van der Waals surface area (Å²) in [5, 5.41) is 8.12. The van der Waals surface area contributed by atoms with Crippen LogP contribution in [-0.4, -0.2) is 40.3 Å². The summed E-state index contributed by atoms with van der Waals surface area (Å²) < 4.78 is 2.15. The fraction of sp³-hybridized carbons (Fsp3) is 0.304. The van der Waals surface area contributed by atoms with Gasteiger partial charge in [-0.25, -0.2) is 4.98 Å². The Labute approximate surface area is 169 Å². The second-order valence-corrected chi connectivity index (χ2v) is 8.96. The van der Waals surface area contributed by atoms with E-state index in [0.29, 0.717) is 6.04 Å². The van der Waals surface area contributed by atoms with Gasteiger partial charge in [0.1, 0.15) is 0 Å². The average Bonchev–Trinajstić information content (AvgIpc) is 3.35. The number of benzene rings is 1. The molecule has 3 aromatic heterocycles. The van der Waals surface area contributed by atoms with E-state index in [0.717, 1.165) is 33.8 Å². The van der Waals surface area contributed by atoms with E-state index in [4.69, 9.17) is 10.1 Å². The predicted molar refractivity (Wildman–Crippen MR) is 117 cm³/mol. The van der Waals surface area contributed by atoms with Crippen molar-refractivity contribution in [1.29, 1.82) is 0 Å². The van der Waals surface area contributed by atoms with Crippen LogP contribution in [0.25, 0.3) is 32.7 Å². The van der Waals surface area contributed by atoms with Crippen LogP contribution >= 0.6 is 11.3 Å². The van der Waals surface area contributed by atoms with E-state index in [1.165, 1.54) is 24.3 Å². The summed E-state index contributed by atoms with van der Waals surface area (Å²) in [7, 11) is 4.30. The quantitative estimate of drug-likeness (QED) is 0.463. The lowest BCUT2D eigenvalue weighted by atomic mass is 9.80. The SMILES string of the molecule is CN(C)CC1CC(n2ccc(-c3ccc4ccc(-c5cccs5)nc4c3)n2)C1. The molecule has 1 aliphatic rings. The van der Waals surface area contributed by atoms with Crippen molar-refractivity contribution < 1.29 is 0 Å². The van der Waals surface area contributed by atoms with Gasteiger partial charge < -0.3 is 4.90 Å². The Morgan fingerprint density at radius 1 is 1.07 bits per heavy atom. The fourth-order valence-corrected chi connectivity index (χ4v) is 4.81. The molecule has 0 aliphatic heterocycles. The van der Waals surface area contributed by atoms with Crippen molar-refractivity contribution in [2.45, 2.75) is 18.9 Å². The van der Waals surface area contributed by atoms with Gasteiger partial charge in [-0.3, -0.25) is 4.68 Å². The maximum absolute atomic E-state index is 4.88. The first-order valence-corrected chi connectivity index (χ1v) is 10.7. The van der Waals surface area contributed by atoms with Crippen LogP contribution in [0.1, 0.15) is 18.9 Å². The first kappa shape index (κ1) is 17.6. The Bertz CT molecular complexity index is 1090.